The summed E-state index contributed by atoms with van der Waals surface area (Å²) in [6, 6.07) is 6.49. The van der Waals surface area contributed by atoms with Crippen molar-refractivity contribution in [3.63, 3.8) is 0 Å². The lowest BCUT2D eigenvalue weighted by atomic mass is 10.2. The molecule has 0 spiro atoms. The molecule has 1 aromatic carbocycles. The summed E-state index contributed by atoms with van der Waals surface area (Å²) in [7, 11) is 1.29. The number of methoxy groups -OCH3 is 1. The maximum absolute atomic E-state index is 12.0. The average Bonchev–Trinajstić information content (AvgIpc) is 3.11. The predicted molar refractivity (Wildman–Crippen MR) is 99.0 cm³/mol. The lowest BCUT2D eigenvalue weighted by Crippen LogP contribution is -2.21. The molecular formula is C18H20N2O6S. The summed E-state index contributed by atoms with van der Waals surface area (Å²) in [4.78, 5) is 39.1. The van der Waals surface area contributed by atoms with Crippen LogP contribution in [-0.2, 0) is 25.5 Å². The third kappa shape index (κ3) is 6.70. The minimum Gasteiger partial charge on any atom is -0.494 e. The Morgan fingerprint density at radius 1 is 1.19 bits per heavy atom. The number of hydrogen-bond acceptors (Lipinski definition) is 8. The van der Waals surface area contributed by atoms with Gasteiger partial charge in [0.2, 0.25) is 0 Å². The molecule has 9 heteroatoms. The molecule has 1 heterocycles. The fourth-order valence-electron chi connectivity index (χ4n) is 1.94. The fraction of sp³-hybridized carbons (Fsp3) is 0.333. The Bertz CT molecular complexity index is 787. The second-order valence-electron chi connectivity index (χ2n) is 5.39. The Morgan fingerprint density at radius 3 is 2.59 bits per heavy atom. The summed E-state index contributed by atoms with van der Waals surface area (Å²) >= 11 is 1.16. The number of rotatable bonds is 9. The highest BCUT2D eigenvalue weighted by molar-refractivity contribution is 7.13. The first-order valence-corrected chi connectivity index (χ1v) is 9.10. The zero-order chi connectivity index (χ0) is 19.6. The van der Waals surface area contributed by atoms with Crippen molar-refractivity contribution in [1.82, 2.24) is 4.98 Å². The Hall–Kier alpha value is -2.94. The molecule has 0 saturated carbocycles. The molecule has 0 fully saturated rings. The van der Waals surface area contributed by atoms with Crippen LogP contribution in [0.15, 0.2) is 29.6 Å². The Morgan fingerprint density at radius 2 is 1.93 bits per heavy atom. The van der Waals surface area contributed by atoms with E-state index in [1.807, 2.05) is 6.92 Å². The van der Waals surface area contributed by atoms with E-state index in [-0.39, 0.29) is 6.42 Å². The van der Waals surface area contributed by atoms with Crippen LogP contribution in [0.4, 0.5) is 5.13 Å². The van der Waals surface area contributed by atoms with Gasteiger partial charge >= 0.3 is 11.9 Å². The highest BCUT2D eigenvalue weighted by atomic mass is 32.1. The number of anilines is 1. The van der Waals surface area contributed by atoms with Crippen molar-refractivity contribution in [2.75, 3.05) is 25.6 Å². The van der Waals surface area contributed by atoms with Gasteiger partial charge in [-0.15, -0.1) is 11.3 Å². The van der Waals surface area contributed by atoms with E-state index >= 15 is 0 Å². The van der Waals surface area contributed by atoms with Crippen molar-refractivity contribution >= 4 is 34.3 Å². The molecule has 1 aromatic heterocycles. The van der Waals surface area contributed by atoms with Crippen molar-refractivity contribution in [1.29, 1.82) is 0 Å². The summed E-state index contributed by atoms with van der Waals surface area (Å²) in [5, 5.41) is 4.46. The molecule has 0 saturated heterocycles. The number of aromatic nitrogens is 1. The Balaban J connectivity index is 1.79. The minimum atomic E-state index is -0.613. The lowest BCUT2D eigenvalue weighted by Gasteiger charge is -2.07. The molecule has 1 amide bonds. The van der Waals surface area contributed by atoms with Crippen molar-refractivity contribution in [2.45, 2.75) is 19.8 Å². The summed E-state index contributed by atoms with van der Waals surface area (Å²) in [5.74, 6) is -0.890. The van der Waals surface area contributed by atoms with E-state index in [1.54, 1.807) is 29.6 Å². The third-order valence-electron chi connectivity index (χ3n) is 3.25. The number of nitrogens with one attached hydrogen (secondary N) is 1. The van der Waals surface area contributed by atoms with E-state index in [0.717, 1.165) is 17.8 Å². The van der Waals surface area contributed by atoms with E-state index in [1.165, 1.54) is 7.11 Å². The molecule has 0 atom stereocenters. The second-order valence-corrected chi connectivity index (χ2v) is 6.25. The highest BCUT2D eigenvalue weighted by Gasteiger charge is 2.13. The number of carbonyl (C=O) groups excluding carboxylic acids is 3. The van der Waals surface area contributed by atoms with Crippen LogP contribution in [0.2, 0.25) is 0 Å². The zero-order valence-electron chi connectivity index (χ0n) is 15.0. The molecule has 0 bridgehead atoms. The van der Waals surface area contributed by atoms with Crippen molar-refractivity contribution < 1.29 is 28.6 Å². The summed E-state index contributed by atoms with van der Waals surface area (Å²) in [6.07, 6.45) is 0.915. The fourth-order valence-corrected chi connectivity index (χ4v) is 2.67. The number of carbonyl (C=O) groups is 3. The van der Waals surface area contributed by atoms with Crippen LogP contribution in [0, 0.1) is 0 Å². The standard InChI is InChI=1S/C18H20N2O6S/c1-3-8-25-14-6-4-12(5-7-14)17(23)26-10-15(21)20-18-19-13(11-27-18)9-16(22)24-2/h4-7,11H,3,8-10H2,1-2H3,(H,19,20,21). The number of esters is 2. The van der Waals surface area contributed by atoms with Crippen LogP contribution in [0.25, 0.3) is 0 Å². The first-order valence-electron chi connectivity index (χ1n) is 8.23. The van der Waals surface area contributed by atoms with E-state index in [0.29, 0.717) is 28.7 Å². The maximum atomic E-state index is 12.0. The molecule has 0 aliphatic rings. The molecule has 0 aliphatic carbocycles. The van der Waals surface area contributed by atoms with E-state index in [4.69, 9.17) is 9.47 Å². The Labute approximate surface area is 160 Å². The van der Waals surface area contributed by atoms with Gasteiger partial charge in [0, 0.05) is 5.38 Å². The molecule has 2 rings (SSSR count). The van der Waals surface area contributed by atoms with Crippen molar-refractivity contribution in [2.24, 2.45) is 0 Å². The van der Waals surface area contributed by atoms with Crippen LogP contribution < -0.4 is 10.1 Å². The van der Waals surface area contributed by atoms with Gasteiger partial charge in [0.25, 0.3) is 5.91 Å². The number of nitrogens with zero attached hydrogens (tertiary/aromatic N) is 1. The molecule has 0 unspecified atom stereocenters. The molecule has 144 valence electrons. The molecule has 8 nitrogen and oxygen atoms in total. The van der Waals surface area contributed by atoms with Crippen LogP contribution in [-0.4, -0.2) is 43.2 Å². The van der Waals surface area contributed by atoms with E-state index in [2.05, 4.69) is 15.0 Å². The molecule has 0 aliphatic heterocycles. The van der Waals surface area contributed by atoms with Gasteiger partial charge in [-0.05, 0) is 30.7 Å². The first-order chi connectivity index (χ1) is 13.0. The van der Waals surface area contributed by atoms with Gasteiger partial charge in [-0.2, -0.15) is 0 Å². The summed E-state index contributed by atoms with van der Waals surface area (Å²) < 4.78 is 15.0. The number of hydrogen-bond donors (Lipinski definition) is 1. The number of benzene rings is 1. The van der Waals surface area contributed by atoms with Crippen LogP contribution in [0.5, 0.6) is 5.75 Å². The maximum Gasteiger partial charge on any atom is 0.338 e. The summed E-state index contributed by atoms with van der Waals surface area (Å²) in [6.45, 7) is 2.16. The van der Waals surface area contributed by atoms with Gasteiger partial charge in [-0.25, -0.2) is 9.78 Å². The Kier molecular flexibility index (Phi) is 7.75. The van der Waals surface area contributed by atoms with Crippen LogP contribution in [0.1, 0.15) is 29.4 Å². The predicted octanol–water partition coefficient (Wildman–Crippen LogP) is 2.44. The molecule has 2 aromatic rings. The normalized spacial score (nSPS) is 10.1. The highest BCUT2D eigenvalue weighted by Crippen LogP contribution is 2.16. The lowest BCUT2D eigenvalue weighted by molar-refractivity contribution is -0.139. The second kappa shape index (κ2) is 10.3. The van der Waals surface area contributed by atoms with Gasteiger partial charge in [-0.3, -0.25) is 14.9 Å². The molecule has 27 heavy (non-hydrogen) atoms. The van der Waals surface area contributed by atoms with Crippen molar-refractivity contribution in [3.8, 4) is 5.75 Å². The SMILES string of the molecule is CCCOc1ccc(C(=O)OCC(=O)Nc2nc(CC(=O)OC)cs2)cc1. The van der Waals surface area contributed by atoms with Crippen LogP contribution in [0.3, 0.4) is 0 Å². The quantitative estimate of drug-likeness (QED) is 0.654. The van der Waals surface area contributed by atoms with Gasteiger partial charge in [-0.1, -0.05) is 6.92 Å². The molecule has 1 N–H and O–H groups in total. The third-order valence-corrected chi connectivity index (χ3v) is 4.05. The molecule has 0 radical (unpaired) electrons. The number of thiazole rings is 1. The first kappa shape index (κ1) is 20.4. The number of amides is 1. The molecular weight excluding hydrogens is 372 g/mol. The van der Waals surface area contributed by atoms with Crippen LogP contribution >= 0.6 is 11.3 Å². The topological polar surface area (TPSA) is 104 Å². The van der Waals surface area contributed by atoms with Gasteiger partial charge in [0.05, 0.1) is 31.4 Å². The van der Waals surface area contributed by atoms with Crippen molar-refractivity contribution in [3.05, 3.63) is 40.9 Å². The van der Waals surface area contributed by atoms with E-state index < -0.39 is 24.5 Å². The minimum absolute atomic E-state index is 0.0236. The average molecular weight is 392 g/mol. The van der Waals surface area contributed by atoms with Gasteiger partial charge in [0.15, 0.2) is 11.7 Å². The van der Waals surface area contributed by atoms with E-state index in [9.17, 15) is 14.4 Å². The number of ether oxygens (including phenoxy) is 3. The van der Waals surface area contributed by atoms with Gasteiger partial charge in [0.1, 0.15) is 5.75 Å². The zero-order valence-corrected chi connectivity index (χ0v) is 15.8. The van der Waals surface area contributed by atoms with Gasteiger partial charge < -0.3 is 14.2 Å². The summed E-state index contributed by atoms with van der Waals surface area (Å²) in [5.41, 5.74) is 0.811. The monoisotopic (exact) mass is 392 g/mol. The largest absolute Gasteiger partial charge is 0.494 e. The smallest absolute Gasteiger partial charge is 0.338 e.